The second-order valence-corrected chi connectivity index (χ2v) is 5.50. The summed E-state index contributed by atoms with van der Waals surface area (Å²) in [7, 11) is 0. The fourth-order valence-corrected chi connectivity index (χ4v) is 2.36. The predicted molar refractivity (Wildman–Crippen MR) is 80.7 cm³/mol. The van der Waals surface area contributed by atoms with Gasteiger partial charge in [0.25, 0.3) is 5.91 Å². The number of hydrogen-bond donors (Lipinski definition) is 0. The maximum atomic E-state index is 12.6. The van der Waals surface area contributed by atoms with Gasteiger partial charge < -0.3 is 9.64 Å². The van der Waals surface area contributed by atoms with Crippen LogP contribution in [0.3, 0.4) is 0 Å². The molecule has 2 heterocycles. The number of hydrogen-bond acceptors (Lipinski definition) is 4. The predicted octanol–water partition coefficient (Wildman–Crippen LogP) is 2.88. The van der Waals surface area contributed by atoms with Gasteiger partial charge in [0.1, 0.15) is 11.8 Å². The molecule has 0 aliphatic carbocycles. The zero-order valence-corrected chi connectivity index (χ0v) is 12.8. The van der Waals surface area contributed by atoms with Gasteiger partial charge in [-0.15, -0.1) is 0 Å². The fraction of sp³-hybridized carbons (Fsp3) is 0.235. The number of rotatable bonds is 3. The van der Waals surface area contributed by atoms with Crippen molar-refractivity contribution in [3.05, 3.63) is 59.3 Å². The first kappa shape index (κ1) is 16.8. The van der Waals surface area contributed by atoms with Crippen molar-refractivity contribution < 1.29 is 22.7 Å². The van der Waals surface area contributed by atoms with Crippen LogP contribution in [0.2, 0.25) is 0 Å². The zero-order chi connectivity index (χ0) is 18.0. The van der Waals surface area contributed by atoms with Gasteiger partial charge in [0.15, 0.2) is 0 Å². The number of halogens is 3. The smallest absolute Gasteiger partial charge is 0.433 e. The van der Waals surface area contributed by atoms with Crippen molar-refractivity contribution >= 4 is 5.91 Å². The molecule has 8 heteroatoms. The van der Waals surface area contributed by atoms with Crippen LogP contribution < -0.4 is 4.74 Å². The Balaban J connectivity index is 1.57. The van der Waals surface area contributed by atoms with Gasteiger partial charge in [0.2, 0.25) is 5.88 Å². The average Bonchev–Trinajstić information content (AvgIpc) is 2.57. The van der Waals surface area contributed by atoms with E-state index in [1.54, 1.807) is 24.3 Å². The molecule has 0 N–H and O–H groups in total. The molecule has 1 fully saturated rings. The van der Waals surface area contributed by atoms with Crippen LogP contribution in [0.4, 0.5) is 13.2 Å². The summed E-state index contributed by atoms with van der Waals surface area (Å²) < 4.78 is 43.3. The van der Waals surface area contributed by atoms with E-state index in [0.29, 0.717) is 11.1 Å². The summed E-state index contributed by atoms with van der Waals surface area (Å²) in [5.41, 5.74) is -0.124. The normalized spacial score (nSPS) is 14.6. The molecule has 5 nitrogen and oxygen atoms in total. The lowest BCUT2D eigenvalue weighted by atomic mass is 10.1. The third-order valence-electron chi connectivity index (χ3n) is 3.70. The van der Waals surface area contributed by atoms with E-state index in [1.165, 1.54) is 17.0 Å². The summed E-state index contributed by atoms with van der Waals surface area (Å²) in [6, 6.07) is 11.6. The molecule has 0 atom stereocenters. The molecule has 25 heavy (non-hydrogen) atoms. The molecule has 0 bridgehead atoms. The number of alkyl halides is 3. The van der Waals surface area contributed by atoms with Crippen molar-refractivity contribution in [3.8, 4) is 11.9 Å². The molecule has 1 aromatic carbocycles. The van der Waals surface area contributed by atoms with Crippen LogP contribution in [0.5, 0.6) is 5.88 Å². The number of nitrogens with zero attached hydrogens (tertiary/aromatic N) is 3. The van der Waals surface area contributed by atoms with Crippen molar-refractivity contribution in [3.63, 3.8) is 0 Å². The Morgan fingerprint density at radius 1 is 1.20 bits per heavy atom. The van der Waals surface area contributed by atoms with E-state index in [1.807, 2.05) is 6.07 Å². The highest BCUT2D eigenvalue weighted by Crippen LogP contribution is 2.29. The number of carbonyl (C=O) groups excluding carboxylic acids is 1. The summed E-state index contributed by atoms with van der Waals surface area (Å²) >= 11 is 0. The topological polar surface area (TPSA) is 66.2 Å². The molecule has 0 saturated carbocycles. The lowest BCUT2D eigenvalue weighted by Crippen LogP contribution is -2.56. The molecule has 1 aliphatic heterocycles. The molecule has 2 aromatic rings. The minimum Gasteiger partial charge on any atom is -0.471 e. The molecule has 1 aliphatic rings. The van der Waals surface area contributed by atoms with Crippen LogP contribution in [-0.2, 0) is 6.18 Å². The molecule has 1 amide bonds. The highest BCUT2D eigenvalue weighted by Gasteiger charge is 2.35. The molecule has 0 radical (unpaired) electrons. The van der Waals surface area contributed by atoms with Gasteiger partial charge in [-0.05, 0) is 30.3 Å². The lowest BCUT2D eigenvalue weighted by molar-refractivity contribution is -0.141. The van der Waals surface area contributed by atoms with E-state index in [-0.39, 0.29) is 24.9 Å². The van der Waals surface area contributed by atoms with Crippen LogP contribution in [0, 0.1) is 11.3 Å². The molecule has 1 aromatic heterocycles. The second-order valence-electron chi connectivity index (χ2n) is 5.50. The SMILES string of the molecule is N#Cc1ccc(C(=O)N2CC(Oc3cccc(C(F)(F)F)n3)C2)cc1. The number of ether oxygens (including phenoxy) is 1. The third kappa shape index (κ3) is 3.71. The first-order valence-corrected chi connectivity index (χ1v) is 7.37. The highest BCUT2D eigenvalue weighted by atomic mass is 19.4. The van der Waals surface area contributed by atoms with E-state index in [0.717, 1.165) is 6.07 Å². The molecular formula is C17H12F3N3O2. The average molecular weight is 347 g/mol. The van der Waals surface area contributed by atoms with Crippen LogP contribution in [0.15, 0.2) is 42.5 Å². The molecule has 0 spiro atoms. The van der Waals surface area contributed by atoms with E-state index in [4.69, 9.17) is 10.00 Å². The monoisotopic (exact) mass is 347 g/mol. The van der Waals surface area contributed by atoms with Crippen molar-refractivity contribution in [1.82, 2.24) is 9.88 Å². The molecule has 3 rings (SSSR count). The Hall–Kier alpha value is -3.08. The van der Waals surface area contributed by atoms with Gasteiger partial charge in [-0.1, -0.05) is 6.07 Å². The molecule has 128 valence electrons. The summed E-state index contributed by atoms with van der Waals surface area (Å²) in [5, 5.41) is 8.74. The van der Waals surface area contributed by atoms with Crippen molar-refractivity contribution in [2.45, 2.75) is 12.3 Å². The maximum absolute atomic E-state index is 12.6. The minimum atomic E-state index is -4.53. The Bertz CT molecular complexity index is 822. The number of carbonyl (C=O) groups is 1. The standard InChI is InChI=1S/C17H12F3N3O2/c18-17(19,20)14-2-1-3-15(22-14)25-13-9-23(10-13)16(24)12-6-4-11(8-21)5-7-12/h1-7,13H,9-10H2. The number of aromatic nitrogens is 1. The van der Waals surface area contributed by atoms with Crippen LogP contribution >= 0.6 is 0 Å². The van der Waals surface area contributed by atoms with Gasteiger partial charge in [-0.2, -0.15) is 18.4 Å². The number of benzene rings is 1. The number of likely N-dealkylation sites (tertiary alicyclic amines) is 1. The van der Waals surface area contributed by atoms with Gasteiger partial charge in [0, 0.05) is 11.6 Å². The number of pyridine rings is 1. The lowest BCUT2D eigenvalue weighted by Gasteiger charge is -2.38. The third-order valence-corrected chi connectivity index (χ3v) is 3.70. The van der Waals surface area contributed by atoms with Crippen molar-refractivity contribution in [1.29, 1.82) is 5.26 Å². The Labute approximate surface area is 141 Å². The quantitative estimate of drug-likeness (QED) is 0.856. The van der Waals surface area contributed by atoms with Crippen LogP contribution in [0.25, 0.3) is 0 Å². The minimum absolute atomic E-state index is 0.120. The van der Waals surface area contributed by atoms with E-state index in [2.05, 4.69) is 4.98 Å². The fourth-order valence-electron chi connectivity index (χ4n) is 2.36. The Kier molecular flexibility index (Phi) is 4.31. The number of nitriles is 1. The van der Waals surface area contributed by atoms with Crippen LogP contribution in [0.1, 0.15) is 21.6 Å². The summed E-state index contributed by atoms with van der Waals surface area (Å²) in [6.45, 7) is 0.521. The largest absolute Gasteiger partial charge is 0.471 e. The summed E-state index contributed by atoms with van der Waals surface area (Å²) in [6.07, 6.45) is -4.94. The maximum Gasteiger partial charge on any atom is 0.433 e. The van der Waals surface area contributed by atoms with Crippen LogP contribution in [-0.4, -0.2) is 35.0 Å². The van der Waals surface area contributed by atoms with E-state index in [9.17, 15) is 18.0 Å². The van der Waals surface area contributed by atoms with Crippen molar-refractivity contribution in [2.24, 2.45) is 0 Å². The molecule has 1 saturated heterocycles. The Morgan fingerprint density at radius 3 is 2.48 bits per heavy atom. The van der Waals surface area contributed by atoms with Gasteiger partial charge in [-0.25, -0.2) is 4.98 Å². The van der Waals surface area contributed by atoms with E-state index >= 15 is 0 Å². The highest BCUT2D eigenvalue weighted by molar-refractivity contribution is 5.94. The molecule has 0 unspecified atom stereocenters. The first-order valence-electron chi connectivity index (χ1n) is 7.37. The molecular weight excluding hydrogens is 335 g/mol. The summed E-state index contributed by atoms with van der Waals surface area (Å²) in [4.78, 5) is 17.2. The zero-order valence-electron chi connectivity index (χ0n) is 12.8. The van der Waals surface area contributed by atoms with E-state index < -0.39 is 18.0 Å². The first-order chi connectivity index (χ1) is 11.9. The number of amides is 1. The second kappa shape index (κ2) is 6.43. The van der Waals surface area contributed by atoms with Gasteiger partial charge >= 0.3 is 6.18 Å². The van der Waals surface area contributed by atoms with Gasteiger partial charge in [-0.3, -0.25) is 4.79 Å². The summed E-state index contributed by atoms with van der Waals surface area (Å²) in [5.74, 6) is -0.341. The Morgan fingerprint density at radius 2 is 1.88 bits per heavy atom. The van der Waals surface area contributed by atoms with Crippen molar-refractivity contribution in [2.75, 3.05) is 13.1 Å². The van der Waals surface area contributed by atoms with Gasteiger partial charge in [0.05, 0.1) is 24.7 Å².